The fourth-order valence-electron chi connectivity index (χ4n) is 1.59. The van der Waals surface area contributed by atoms with Crippen LogP contribution >= 0.6 is 0 Å². The Labute approximate surface area is 137 Å². The molecule has 2 aliphatic heterocycles. The van der Waals surface area contributed by atoms with Crippen LogP contribution in [0.5, 0.6) is 0 Å². The molecule has 0 spiro atoms. The van der Waals surface area contributed by atoms with E-state index in [0.29, 0.717) is 52.1 Å². The van der Waals surface area contributed by atoms with Crippen molar-refractivity contribution in [2.24, 2.45) is 0 Å². The standard InChI is InChI=1S/C12H18O6.C4H10O/c13-11(17-7-9-5-15-9)3-1-2-4-12(14)18-8-10-6-16-10;1-3-5-4-2/h9-10H,1-8H2;3-4H2,1-2H3. The first-order valence-corrected chi connectivity index (χ1v) is 8.27. The summed E-state index contributed by atoms with van der Waals surface area (Å²) in [7, 11) is 0. The first-order chi connectivity index (χ1) is 11.2. The minimum Gasteiger partial charge on any atom is -0.463 e. The summed E-state index contributed by atoms with van der Waals surface area (Å²) in [5, 5.41) is 0. The zero-order chi connectivity index (χ0) is 16.9. The minimum absolute atomic E-state index is 0.105. The summed E-state index contributed by atoms with van der Waals surface area (Å²) < 4.78 is 24.6. The quantitative estimate of drug-likeness (QED) is 0.322. The van der Waals surface area contributed by atoms with E-state index in [9.17, 15) is 9.59 Å². The highest BCUT2D eigenvalue weighted by Gasteiger charge is 2.24. The maximum atomic E-state index is 11.2. The molecule has 0 saturated carbocycles. The SMILES string of the molecule is CCOCC.O=C(CCCCC(=O)OCC1CO1)OCC1CO1. The highest BCUT2D eigenvalue weighted by molar-refractivity contribution is 5.70. The number of unbranched alkanes of at least 4 members (excludes halogenated alkanes) is 1. The highest BCUT2D eigenvalue weighted by Crippen LogP contribution is 2.11. The van der Waals surface area contributed by atoms with Gasteiger partial charge in [-0.05, 0) is 26.7 Å². The molecular weight excluding hydrogens is 304 g/mol. The van der Waals surface area contributed by atoms with Gasteiger partial charge in [-0.25, -0.2) is 0 Å². The zero-order valence-corrected chi connectivity index (χ0v) is 14.1. The molecular formula is C16H28O7. The van der Waals surface area contributed by atoms with E-state index in [1.54, 1.807) is 0 Å². The van der Waals surface area contributed by atoms with E-state index >= 15 is 0 Å². The Balaban J connectivity index is 0.000000463. The normalized spacial score (nSPS) is 21.0. The summed E-state index contributed by atoms with van der Waals surface area (Å²) in [6, 6.07) is 0. The van der Waals surface area contributed by atoms with Gasteiger partial charge in [0.05, 0.1) is 13.2 Å². The zero-order valence-electron chi connectivity index (χ0n) is 14.1. The molecule has 2 fully saturated rings. The largest absolute Gasteiger partial charge is 0.463 e. The molecule has 7 heteroatoms. The van der Waals surface area contributed by atoms with Gasteiger partial charge in [-0.1, -0.05) is 0 Å². The second kappa shape index (κ2) is 12.3. The average molecular weight is 332 g/mol. The molecule has 2 heterocycles. The van der Waals surface area contributed by atoms with Gasteiger partial charge in [-0.15, -0.1) is 0 Å². The van der Waals surface area contributed by atoms with Crippen molar-refractivity contribution in [3.05, 3.63) is 0 Å². The van der Waals surface area contributed by atoms with Gasteiger partial charge in [-0.2, -0.15) is 0 Å². The van der Waals surface area contributed by atoms with Gasteiger partial charge < -0.3 is 23.7 Å². The van der Waals surface area contributed by atoms with Crippen molar-refractivity contribution < 1.29 is 33.3 Å². The van der Waals surface area contributed by atoms with Gasteiger partial charge in [-0.3, -0.25) is 9.59 Å². The minimum atomic E-state index is -0.231. The maximum Gasteiger partial charge on any atom is 0.305 e. The van der Waals surface area contributed by atoms with Crippen molar-refractivity contribution >= 4 is 11.9 Å². The molecule has 2 aliphatic rings. The Morgan fingerprint density at radius 2 is 1.26 bits per heavy atom. The summed E-state index contributed by atoms with van der Waals surface area (Å²) >= 11 is 0. The van der Waals surface area contributed by atoms with Crippen molar-refractivity contribution in [3.63, 3.8) is 0 Å². The molecule has 2 unspecified atom stereocenters. The van der Waals surface area contributed by atoms with Crippen LogP contribution in [0.25, 0.3) is 0 Å². The molecule has 0 amide bonds. The van der Waals surface area contributed by atoms with E-state index in [1.807, 2.05) is 13.8 Å². The van der Waals surface area contributed by atoms with Crippen molar-refractivity contribution in [1.82, 2.24) is 0 Å². The summed E-state index contributed by atoms with van der Waals surface area (Å²) in [5.41, 5.74) is 0. The molecule has 0 radical (unpaired) electrons. The average Bonchev–Trinajstić information content (AvgIpc) is 3.43. The van der Waals surface area contributed by atoms with Gasteiger partial charge in [0, 0.05) is 26.1 Å². The van der Waals surface area contributed by atoms with Gasteiger partial charge in [0.2, 0.25) is 0 Å². The Morgan fingerprint density at radius 3 is 1.52 bits per heavy atom. The van der Waals surface area contributed by atoms with Crippen LogP contribution in [0.1, 0.15) is 39.5 Å². The smallest absolute Gasteiger partial charge is 0.305 e. The van der Waals surface area contributed by atoms with E-state index in [2.05, 4.69) is 0 Å². The van der Waals surface area contributed by atoms with E-state index in [-0.39, 0.29) is 24.1 Å². The number of carbonyl (C=O) groups is 2. The van der Waals surface area contributed by atoms with Crippen LogP contribution in [0.15, 0.2) is 0 Å². The first-order valence-electron chi connectivity index (χ1n) is 8.27. The van der Waals surface area contributed by atoms with E-state index < -0.39 is 0 Å². The Kier molecular flexibility index (Phi) is 10.6. The van der Waals surface area contributed by atoms with Crippen LogP contribution in [-0.4, -0.2) is 63.8 Å². The van der Waals surface area contributed by atoms with Crippen molar-refractivity contribution in [2.45, 2.75) is 51.7 Å². The molecule has 7 nitrogen and oxygen atoms in total. The van der Waals surface area contributed by atoms with Crippen molar-refractivity contribution in [1.29, 1.82) is 0 Å². The number of hydrogen-bond donors (Lipinski definition) is 0. The fraction of sp³-hybridized carbons (Fsp3) is 0.875. The molecule has 2 atom stereocenters. The van der Waals surface area contributed by atoms with Gasteiger partial charge >= 0.3 is 11.9 Å². The van der Waals surface area contributed by atoms with Crippen LogP contribution in [0.4, 0.5) is 0 Å². The third-order valence-electron chi connectivity index (χ3n) is 3.09. The van der Waals surface area contributed by atoms with Gasteiger partial charge in [0.25, 0.3) is 0 Å². The van der Waals surface area contributed by atoms with Crippen LogP contribution in [-0.2, 0) is 33.3 Å². The maximum absolute atomic E-state index is 11.2. The second-order valence-corrected chi connectivity index (χ2v) is 5.27. The van der Waals surface area contributed by atoms with Crippen molar-refractivity contribution in [2.75, 3.05) is 39.6 Å². The Bertz CT molecular complexity index is 305. The number of ether oxygens (including phenoxy) is 5. The Morgan fingerprint density at radius 1 is 0.870 bits per heavy atom. The summed E-state index contributed by atoms with van der Waals surface area (Å²) in [4.78, 5) is 22.5. The van der Waals surface area contributed by atoms with Crippen LogP contribution in [0.2, 0.25) is 0 Å². The number of rotatable bonds is 11. The second-order valence-electron chi connectivity index (χ2n) is 5.27. The van der Waals surface area contributed by atoms with Crippen LogP contribution in [0.3, 0.4) is 0 Å². The molecule has 0 aromatic rings. The summed E-state index contributed by atoms with van der Waals surface area (Å²) in [6.45, 7) is 7.73. The lowest BCUT2D eigenvalue weighted by atomic mass is 10.2. The number of esters is 2. The molecule has 134 valence electrons. The molecule has 0 N–H and O–H groups in total. The molecule has 0 bridgehead atoms. The summed E-state index contributed by atoms with van der Waals surface area (Å²) in [5.74, 6) is -0.463. The van der Waals surface area contributed by atoms with Crippen molar-refractivity contribution in [3.8, 4) is 0 Å². The molecule has 23 heavy (non-hydrogen) atoms. The lowest BCUT2D eigenvalue weighted by Crippen LogP contribution is -2.11. The van der Waals surface area contributed by atoms with Crippen LogP contribution < -0.4 is 0 Å². The highest BCUT2D eigenvalue weighted by atomic mass is 16.6. The summed E-state index contributed by atoms with van der Waals surface area (Å²) in [6.07, 6.45) is 2.16. The molecule has 2 rings (SSSR count). The lowest BCUT2D eigenvalue weighted by Gasteiger charge is -2.03. The first kappa shape index (κ1) is 19.9. The Hall–Kier alpha value is -1.18. The molecule has 0 aliphatic carbocycles. The monoisotopic (exact) mass is 332 g/mol. The fourth-order valence-corrected chi connectivity index (χ4v) is 1.59. The number of epoxide rings is 2. The number of hydrogen-bond acceptors (Lipinski definition) is 7. The predicted octanol–water partition coefficient (Wildman–Crippen LogP) is 1.47. The lowest BCUT2D eigenvalue weighted by molar-refractivity contribution is -0.146. The molecule has 0 aromatic heterocycles. The van der Waals surface area contributed by atoms with E-state index in [0.717, 1.165) is 13.2 Å². The van der Waals surface area contributed by atoms with Gasteiger partial charge in [0.15, 0.2) is 0 Å². The van der Waals surface area contributed by atoms with E-state index in [4.69, 9.17) is 23.7 Å². The number of carbonyl (C=O) groups excluding carboxylic acids is 2. The predicted molar refractivity (Wildman–Crippen MR) is 82.0 cm³/mol. The van der Waals surface area contributed by atoms with Gasteiger partial charge in [0.1, 0.15) is 25.4 Å². The van der Waals surface area contributed by atoms with Crippen LogP contribution in [0, 0.1) is 0 Å². The third kappa shape index (κ3) is 13.0. The molecule has 0 aromatic carbocycles. The molecule has 2 saturated heterocycles. The third-order valence-corrected chi connectivity index (χ3v) is 3.09. The topological polar surface area (TPSA) is 86.9 Å². The van der Waals surface area contributed by atoms with E-state index in [1.165, 1.54) is 0 Å².